The van der Waals surface area contributed by atoms with Crippen LogP contribution in [0.3, 0.4) is 0 Å². The summed E-state index contributed by atoms with van der Waals surface area (Å²) in [6.07, 6.45) is 4.66. The minimum atomic E-state index is 0.391. The Morgan fingerprint density at radius 2 is 2.38 bits per heavy atom. The van der Waals surface area contributed by atoms with Crippen LogP contribution in [0.2, 0.25) is 0 Å². The first-order valence-electron chi connectivity index (χ1n) is 5.00. The van der Waals surface area contributed by atoms with Crippen molar-refractivity contribution in [3.8, 4) is 0 Å². The summed E-state index contributed by atoms with van der Waals surface area (Å²) in [6, 6.07) is 6.46. The van der Waals surface area contributed by atoms with Gasteiger partial charge in [-0.25, -0.2) is 0 Å². The van der Waals surface area contributed by atoms with Crippen molar-refractivity contribution in [1.82, 2.24) is 10.3 Å². The van der Waals surface area contributed by atoms with E-state index in [2.05, 4.69) is 23.3 Å². The molecule has 0 unspecified atom stereocenters. The molecule has 13 heavy (non-hydrogen) atoms. The molecule has 2 heteroatoms. The Hall–Kier alpha value is -0.890. The molecule has 1 aliphatic rings. The second-order valence-corrected chi connectivity index (χ2v) is 3.83. The SMILES string of the molecule is C[C@H](NCC1CC1)c1ccccn1. The van der Waals surface area contributed by atoms with Crippen molar-refractivity contribution < 1.29 is 0 Å². The number of nitrogens with one attached hydrogen (secondary N) is 1. The fourth-order valence-electron chi connectivity index (χ4n) is 1.40. The molecule has 0 radical (unpaired) electrons. The zero-order valence-electron chi connectivity index (χ0n) is 8.03. The van der Waals surface area contributed by atoms with Crippen LogP contribution < -0.4 is 5.32 Å². The molecule has 0 aliphatic heterocycles. The largest absolute Gasteiger partial charge is 0.309 e. The van der Waals surface area contributed by atoms with Gasteiger partial charge in [0.1, 0.15) is 0 Å². The lowest BCUT2D eigenvalue weighted by Gasteiger charge is -2.12. The molecule has 2 nitrogen and oxygen atoms in total. The number of hydrogen-bond acceptors (Lipinski definition) is 2. The Balaban J connectivity index is 1.85. The quantitative estimate of drug-likeness (QED) is 0.760. The Kier molecular flexibility index (Phi) is 2.60. The number of rotatable bonds is 4. The van der Waals surface area contributed by atoms with Gasteiger partial charge in [-0.05, 0) is 44.4 Å². The van der Waals surface area contributed by atoms with Gasteiger partial charge in [-0.3, -0.25) is 4.98 Å². The third-order valence-electron chi connectivity index (χ3n) is 2.54. The smallest absolute Gasteiger partial charge is 0.0570 e. The fourth-order valence-corrected chi connectivity index (χ4v) is 1.40. The predicted octanol–water partition coefficient (Wildman–Crippen LogP) is 2.14. The first-order valence-corrected chi connectivity index (χ1v) is 5.00. The highest BCUT2D eigenvalue weighted by Crippen LogP contribution is 2.28. The van der Waals surface area contributed by atoms with E-state index < -0.39 is 0 Å². The molecule has 1 fully saturated rings. The summed E-state index contributed by atoms with van der Waals surface area (Å²) in [4.78, 5) is 4.31. The van der Waals surface area contributed by atoms with E-state index in [1.807, 2.05) is 18.3 Å². The molecule has 1 saturated carbocycles. The standard InChI is InChI=1S/C11H16N2/c1-9(13-8-10-5-6-10)11-4-2-3-7-12-11/h2-4,7,9-10,13H,5-6,8H2,1H3/t9-/m0/s1. The van der Waals surface area contributed by atoms with Crippen LogP contribution in [-0.4, -0.2) is 11.5 Å². The molecular weight excluding hydrogens is 160 g/mol. The maximum absolute atomic E-state index is 4.31. The maximum atomic E-state index is 4.31. The van der Waals surface area contributed by atoms with Crippen LogP contribution in [0.1, 0.15) is 31.5 Å². The molecule has 70 valence electrons. The van der Waals surface area contributed by atoms with E-state index in [1.54, 1.807) is 0 Å². The van der Waals surface area contributed by atoms with Gasteiger partial charge in [-0.2, -0.15) is 0 Å². The summed E-state index contributed by atoms with van der Waals surface area (Å²) in [5, 5.41) is 3.50. The van der Waals surface area contributed by atoms with E-state index >= 15 is 0 Å². The molecule has 1 aromatic rings. The highest BCUT2D eigenvalue weighted by atomic mass is 14.9. The summed E-state index contributed by atoms with van der Waals surface area (Å²) >= 11 is 0. The van der Waals surface area contributed by atoms with Gasteiger partial charge in [-0.1, -0.05) is 6.07 Å². The van der Waals surface area contributed by atoms with Crippen molar-refractivity contribution in [2.45, 2.75) is 25.8 Å². The Bertz CT molecular complexity index is 254. The lowest BCUT2D eigenvalue weighted by Crippen LogP contribution is -2.21. The molecule has 0 amide bonds. The lowest BCUT2D eigenvalue weighted by atomic mass is 10.2. The van der Waals surface area contributed by atoms with Gasteiger partial charge in [-0.15, -0.1) is 0 Å². The van der Waals surface area contributed by atoms with Crippen molar-refractivity contribution in [3.05, 3.63) is 30.1 Å². The van der Waals surface area contributed by atoms with Crippen LogP contribution in [0.25, 0.3) is 0 Å². The monoisotopic (exact) mass is 176 g/mol. The van der Waals surface area contributed by atoms with Gasteiger partial charge in [0.05, 0.1) is 5.69 Å². The summed E-state index contributed by atoms with van der Waals surface area (Å²) in [7, 11) is 0. The normalized spacial score (nSPS) is 18.5. The van der Waals surface area contributed by atoms with Gasteiger partial charge in [0.2, 0.25) is 0 Å². The van der Waals surface area contributed by atoms with Crippen LogP contribution in [0, 0.1) is 5.92 Å². The van der Waals surface area contributed by atoms with Gasteiger partial charge < -0.3 is 5.32 Å². The minimum absolute atomic E-state index is 0.391. The van der Waals surface area contributed by atoms with Gasteiger partial charge >= 0.3 is 0 Å². The lowest BCUT2D eigenvalue weighted by molar-refractivity contribution is 0.538. The Morgan fingerprint density at radius 1 is 1.54 bits per heavy atom. The zero-order chi connectivity index (χ0) is 9.10. The summed E-state index contributed by atoms with van der Waals surface area (Å²) in [5.41, 5.74) is 1.14. The van der Waals surface area contributed by atoms with E-state index in [4.69, 9.17) is 0 Å². The van der Waals surface area contributed by atoms with E-state index in [0.29, 0.717) is 6.04 Å². The van der Waals surface area contributed by atoms with E-state index in [-0.39, 0.29) is 0 Å². The number of aromatic nitrogens is 1. The maximum Gasteiger partial charge on any atom is 0.0570 e. The van der Waals surface area contributed by atoms with Gasteiger partial charge in [0.25, 0.3) is 0 Å². The molecule has 0 spiro atoms. The fraction of sp³-hybridized carbons (Fsp3) is 0.545. The molecule has 0 saturated heterocycles. The van der Waals surface area contributed by atoms with Gasteiger partial charge in [0, 0.05) is 12.2 Å². The molecule has 0 bridgehead atoms. The van der Waals surface area contributed by atoms with Crippen LogP contribution in [0.15, 0.2) is 24.4 Å². The van der Waals surface area contributed by atoms with Crippen LogP contribution >= 0.6 is 0 Å². The third-order valence-corrected chi connectivity index (χ3v) is 2.54. The molecule has 1 atom stereocenters. The zero-order valence-corrected chi connectivity index (χ0v) is 8.03. The van der Waals surface area contributed by atoms with Crippen molar-refractivity contribution >= 4 is 0 Å². The number of hydrogen-bond donors (Lipinski definition) is 1. The topological polar surface area (TPSA) is 24.9 Å². The summed E-state index contributed by atoms with van der Waals surface area (Å²) < 4.78 is 0. The summed E-state index contributed by atoms with van der Waals surface area (Å²) in [6.45, 7) is 3.32. The average molecular weight is 176 g/mol. The predicted molar refractivity (Wildman–Crippen MR) is 53.4 cm³/mol. The summed E-state index contributed by atoms with van der Waals surface area (Å²) in [5.74, 6) is 0.936. The first kappa shape index (κ1) is 8.70. The second kappa shape index (κ2) is 3.88. The molecule has 1 aliphatic carbocycles. The van der Waals surface area contributed by atoms with Crippen molar-refractivity contribution in [1.29, 1.82) is 0 Å². The third kappa shape index (κ3) is 2.52. The number of pyridine rings is 1. The Labute approximate surface area is 79.4 Å². The van der Waals surface area contributed by atoms with E-state index in [9.17, 15) is 0 Å². The second-order valence-electron chi connectivity index (χ2n) is 3.83. The highest BCUT2D eigenvalue weighted by molar-refractivity contribution is 5.07. The minimum Gasteiger partial charge on any atom is -0.309 e. The molecule has 1 aromatic heterocycles. The van der Waals surface area contributed by atoms with Crippen LogP contribution in [-0.2, 0) is 0 Å². The molecule has 2 rings (SSSR count). The van der Waals surface area contributed by atoms with E-state index in [1.165, 1.54) is 12.8 Å². The van der Waals surface area contributed by atoms with Crippen molar-refractivity contribution in [2.75, 3.05) is 6.54 Å². The van der Waals surface area contributed by atoms with E-state index in [0.717, 1.165) is 18.2 Å². The highest BCUT2D eigenvalue weighted by Gasteiger charge is 2.21. The van der Waals surface area contributed by atoms with Crippen LogP contribution in [0.4, 0.5) is 0 Å². The number of nitrogens with zero attached hydrogens (tertiary/aromatic N) is 1. The van der Waals surface area contributed by atoms with Crippen molar-refractivity contribution in [3.63, 3.8) is 0 Å². The molecule has 0 aromatic carbocycles. The molecule has 1 heterocycles. The molecular formula is C11H16N2. The first-order chi connectivity index (χ1) is 6.36. The van der Waals surface area contributed by atoms with Crippen LogP contribution in [0.5, 0.6) is 0 Å². The Morgan fingerprint density at radius 3 is 3.00 bits per heavy atom. The average Bonchev–Trinajstić information content (AvgIpc) is 2.99. The molecule has 1 N–H and O–H groups in total. The van der Waals surface area contributed by atoms with Crippen molar-refractivity contribution in [2.24, 2.45) is 5.92 Å². The van der Waals surface area contributed by atoms with Gasteiger partial charge in [0.15, 0.2) is 0 Å².